The molecule has 2 aromatic rings. The molecule has 5 heteroatoms. The highest BCUT2D eigenvalue weighted by atomic mass is 35.5. The van der Waals surface area contributed by atoms with Crippen LogP contribution in [0.5, 0.6) is 0 Å². The van der Waals surface area contributed by atoms with Crippen molar-refractivity contribution < 1.29 is 13.9 Å². The van der Waals surface area contributed by atoms with Crippen molar-refractivity contribution >= 4 is 29.5 Å². The fraction of sp³-hybridized carbons (Fsp3) is 0. The third kappa shape index (κ3) is 2.85. The van der Waals surface area contributed by atoms with Crippen LogP contribution in [-0.2, 0) is 9.53 Å². The van der Waals surface area contributed by atoms with Gasteiger partial charge < -0.3 is 4.74 Å². The first kappa shape index (κ1) is 13.5. The second-order valence-electron chi connectivity index (χ2n) is 4.37. The number of carbonyl (C=O) groups excluding carboxylic acids is 1. The third-order valence-electron chi connectivity index (χ3n) is 2.89. The Hall–Kier alpha value is -2.46. The molecule has 1 aliphatic rings. The van der Waals surface area contributed by atoms with E-state index in [1.54, 1.807) is 30.3 Å². The fourth-order valence-electron chi connectivity index (χ4n) is 1.89. The highest BCUT2D eigenvalue weighted by Crippen LogP contribution is 2.23. The summed E-state index contributed by atoms with van der Waals surface area (Å²) < 4.78 is 18.2. The van der Waals surface area contributed by atoms with Crippen molar-refractivity contribution in [2.45, 2.75) is 0 Å². The Kier molecular flexibility index (Phi) is 3.54. The van der Waals surface area contributed by atoms with Gasteiger partial charge >= 0.3 is 5.97 Å². The minimum absolute atomic E-state index is 0.0813. The summed E-state index contributed by atoms with van der Waals surface area (Å²) in [6.07, 6.45) is 1.54. The number of benzene rings is 2. The van der Waals surface area contributed by atoms with Gasteiger partial charge in [-0.1, -0.05) is 35.9 Å². The van der Waals surface area contributed by atoms with E-state index in [0.717, 1.165) is 0 Å². The van der Waals surface area contributed by atoms with Gasteiger partial charge in [-0.2, -0.15) is 0 Å². The van der Waals surface area contributed by atoms with E-state index in [-0.39, 0.29) is 11.6 Å². The van der Waals surface area contributed by atoms with Crippen molar-refractivity contribution in [2.75, 3.05) is 0 Å². The summed E-state index contributed by atoms with van der Waals surface area (Å²) in [5, 5.41) is 0.507. The lowest BCUT2D eigenvalue weighted by atomic mass is 10.2. The first-order chi connectivity index (χ1) is 10.1. The van der Waals surface area contributed by atoms with E-state index in [0.29, 0.717) is 16.1 Å². The minimum atomic E-state index is -0.589. The monoisotopic (exact) mass is 301 g/mol. The zero-order valence-corrected chi connectivity index (χ0v) is 11.5. The normalized spacial score (nSPS) is 16.0. The Morgan fingerprint density at radius 3 is 2.71 bits per heavy atom. The van der Waals surface area contributed by atoms with Gasteiger partial charge in [0, 0.05) is 10.6 Å². The van der Waals surface area contributed by atoms with E-state index >= 15 is 0 Å². The van der Waals surface area contributed by atoms with Crippen LogP contribution in [0.15, 0.2) is 59.2 Å². The molecular formula is C16H9ClFNO2. The second-order valence-corrected chi connectivity index (χ2v) is 4.78. The highest BCUT2D eigenvalue weighted by molar-refractivity contribution is 6.32. The maximum absolute atomic E-state index is 13.2. The van der Waals surface area contributed by atoms with Crippen LogP contribution in [0.2, 0.25) is 5.02 Å². The number of nitrogens with zero attached hydrogens (tertiary/aromatic N) is 1. The predicted molar refractivity (Wildman–Crippen MR) is 78.5 cm³/mol. The minimum Gasteiger partial charge on any atom is -0.402 e. The molecule has 2 aromatic carbocycles. The lowest BCUT2D eigenvalue weighted by Gasteiger charge is -1.98. The van der Waals surface area contributed by atoms with Gasteiger partial charge in [-0.3, -0.25) is 0 Å². The smallest absolute Gasteiger partial charge is 0.363 e. The first-order valence-electron chi connectivity index (χ1n) is 6.16. The average Bonchev–Trinajstić information content (AvgIpc) is 2.83. The lowest BCUT2D eigenvalue weighted by Crippen LogP contribution is -2.05. The van der Waals surface area contributed by atoms with Crippen LogP contribution in [0.3, 0.4) is 0 Å². The van der Waals surface area contributed by atoms with E-state index in [9.17, 15) is 9.18 Å². The SMILES string of the molecule is O=C1OC(c2cccc(F)c2)=N/C1=C/c1ccccc1Cl. The Labute approximate surface area is 125 Å². The number of hydrogen-bond donors (Lipinski definition) is 0. The molecule has 3 rings (SSSR count). The molecule has 0 radical (unpaired) electrons. The molecular weight excluding hydrogens is 293 g/mol. The predicted octanol–water partition coefficient (Wildman–Crippen LogP) is 3.82. The largest absolute Gasteiger partial charge is 0.402 e. The number of rotatable bonds is 2. The summed E-state index contributed by atoms with van der Waals surface area (Å²) in [4.78, 5) is 15.9. The van der Waals surface area contributed by atoms with Crippen LogP contribution in [-0.4, -0.2) is 11.9 Å². The maximum atomic E-state index is 13.2. The molecule has 0 bridgehead atoms. The molecule has 1 aliphatic heterocycles. The molecule has 1 heterocycles. The number of aliphatic imine (C=N–C) groups is 1. The van der Waals surface area contributed by atoms with Crippen molar-refractivity contribution in [3.63, 3.8) is 0 Å². The van der Waals surface area contributed by atoms with Gasteiger partial charge in [0.05, 0.1) is 0 Å². The van der Waals surface area contributed by atoms with Crippen molar-refractivity contribution in [1.29, 1.82) is 0 Å². The topological polar surface area (TPSA) is 38.7 Å². The molecule has 0 fully saturated rings. The summed E-state index contributed by atoms with van der Waals surface area (Å²) in [6.45, 7) is 0. The fourth-order valence-corrected chi connectivity index (χ4v) is 2.08. The second kappa shape index (κ2) is 5.50. The van der Waals surface area contributed by atoms with Crippen molar-refractivity contribution in [3.05, 3.63) is 76.2 Å². The summed E-state index contributed by atoms with van der Waals surface area (Å²) in [5.74, 6) is -0.929. The molecule has 0 saturated heterocycles. The Balaban J connectivity index is 1.98. The van der Waals surface area contributed by atoms with Crippen LogP contribution in [0, 0.1) is 5.82 Å². The van der Waals surface area contributed by atoms with Crippen LogP contribution in [0.1, 0.15) is 11.1 Å². The van der Waals surface area contributed by atoms with Crippen molar-refractivity contribution in [3.8, 4) is 0 Å². The molecule has 104 valence electrons. The quantitative estimate of drug-likeness (QED) is 0.625. The van der Waals surface area contributed by atoms with Gasteiger partial charge in [-0.25, -0.2) is 14.2 Å². The van der Waals surface area contributed by atoms with E-state index in [1.807, 2.05) is 0 Å². The summed E-state index contributed by atoms with van der Waals surface area (Å²) in [7, 11) is 0. The van der Waals surface area contributed by atoms with Gasteiger partial charge in [-0.15, -0.1) is 0 Å². The molecule has 0 N–H and O–H groups in total. The summed E-state index contributed by atoms with van der Waals surface area (Å²) >= 11 is 6.03. The van der Waals surface area contributed by atoms with E-state index in [2.05, 4.69) is 4.99 Å². The third-order valence-corrected chi connectivity index (χ3v) is 3.23. The van der Waals surface area contributed by atoms with Crippen LogP contribution < -0.4 is 0 Å². The molecule has 0 unspecified atom stereocenters. The number of carbonyl (C=O) groups is 1. The first-order valence-corrected chi connectivity index (χ1v) is 6.54. The zero-order chi connectivity index (χ0) is 14.8. The molecule has 21 heavy (non-hydrogen) atoms. The molecule has 0 aliphatic carbocycles. The lowest BCUT2D eigenvalue weighted by molar-refractivity contribution is -0.129. The average molecular weight is 302 g/mol. The molecule has 0 spiro atoms. The van der Waals surface area contributed by atoms with E-state index in [1.165, 1.54) is 24.3 Å². The standard InChI is InChI=1S/C16H9ClFNO2/c17-13-7-2-1-4-10(13)9-14-16(20)21-15(19-14)11-5-3-6-12(18)8-11/h1-9H/b14-9+. The number of hydrogen-bond acceptors (Lipinski definition) is 3. The molecule has 0 amide bonds. The Morgan fingerprint density at radius 2 is 1.95 bits per heavy atom. The van der Waals surface area contributed by atoms with E-state index in [4.69, 9.17) is 16.3 Å². The van der Waals surface area contributed by atoms with Gasteiger partial charge in [-0.05, 0) is 35.9 Å². The Morgan fingerprint density at radius 1 is 1.14 bits per heavy atom. The van der Waals surface area contributed by atoms with Gasteiger partial charge in [0.1, 0.15) is 5.82 Å². The highest BCUT2D eigenvalue weighted by Gasteiger charge is 2.24. The van der Waals surface area contributed by atoms with E-state index < -0.39 is 11.8 Å². The zero-order valence-electron chi connectivity index (χ0n) is 10.7. The number of ether oxygens (including phenoxy) is 1. The van der Waals surface area contributed by atoms with Crippen molar-refractivity contribution in [2.24, 2.45) is 4.99 Å². The number of halogens is 2. The summed E-state index contributed by atoms with van der Waals surface area (Å²) in [5.41, 5.74) is 1.20. The number of cyclic esters (lactones) is 1. The van der Waals surface area contributed by atoms with Gasteiger partial charge in [0.2, 0.25) is 5.90 Å². The molecule has 0 saturated carbocycles. The van der Waals surface area contributed by atoms with Crippen molar-refractivity contribution in [1.82, 2.24) is 0 Å². The van der Waals surface area contributed by atoms with Crippen LogP contribution >= 0.6 is 11.6 Å². The van der Waals surface area contributed by atoms with Crippen LogP contribution in [0.25, 0.3) is 6.08 Å². The molecule has 3 nitrogen and oxygen atoms in total. The number of esters is 1. The summed E-state index contributed by atoms with van der Waals surface area (Å²) in [6, 6.07) is 12.8. The van der Waals surface area contributed by atoms with Gasteiger partial charge in [0.15, 0.2) is 5.70 Å². The maximum Gasteiger partial charge on any atom is 0.363 e. The molecule has 0 atom stereocenters. The van der Waals surface area contributed by atoms with Crippen LogP contribution in [0.4, 0.5) is 4.39 Å². The van der Waals surface area contributed by atoms with Gasteiger partial charge in [0.25, 0.3) is 0 Å². The Bertz CT molecular complexity index is 783. The molecule has 0 aromatic heterocycles.